The number of nitrogens with two attached hydrogens (primary N) is 1. The smallest absolute Gasteiger partial charge is 0.258 e. The average molecular weight is 268 g/mol. The lowest BCUT2D eigenvalue weighted by atomic mass is 10.1. The van der Waals surface area contributed by atoms with Crippen LogP contribution < -0.4 is 11.3 Å². The number of carbonyl (C=O) groups is 1. The molecule has 1 amide bonds. The summed E-state index contributed by atoms with van der Waals surface area (Å²) in [4.78, 5) is 18.6. The van der Waals surface area contributed by atoms with Crippen molar-refractivity contribution in [1.82, 2.24) is 9.88 Å². The van der Waals surface area contributed by atoms with E-state index in [0.717, 1.165) is 5.69 Å². The second kappa shape index (κ2) is 4.94. The highest BCUT2D eigenvalue weighted by Gasteiger charge is 2.25. The van der Waals surface area contributed by atoms with Crippen molar-refractivity contribution in [2.24, 2.45) is 5.84 Å². The van der Waals surface area contributed by atoms with Gasteiger partial charge < -0.3 is 10.3 Å². The monoisotopic (exact) mass is 268 g/mol. The Morgan fingerprint density at radius 2 is 1.95 bits per heavy atom. The average Bonchev–Trinajstić information content (AvgIpc) is 2.90. The van der Waals surface area contributed by atoms with Crippen LogP contribution in [-0.4, -0.2) is 15.8 Å². The highest BCUT2D eigenvalue weighted by atomic mass is 16.2. The molecule has 0 aliphatic carbocycles. The third-order valence-corrected chi connectivity index (χ3v) is 3.55. The molecule has 0 atom stereocenters. The molecule has 5 heteroatoms. The molecule has 1 aliphatic heterocycles. The minimum absolute atomic E-state index is 0.0540. The minimum Gasteiger partial charge on any atom is -0.330 e. The summed E-state index contributed by atoms with van der Waals surface area (Å²) >= 11 is 0. The first-order chi connectivity index (χ1) is 9.69. The van der Waals surface area contributed by atoms with Crippen molar-refractivity contribution in [1.29, 1.82) is 0 Å². The predicted octanol–water partition coefficient (Wildman–Crippen LogP) is 1.83. The molecule has 2 heterocycles. The molecular formula is C15H16N4O. The standard InChI is InChI=1S/C15H16N4O/c1-10-6-14(18-16)13(7-17-10)15(20)19-8-11-4-2-3-5-12(11)9-19/h2-7H,8-9,16H2,1H3,(H,17,18). The van der Waals surface area contributed by atoms with E-state index >= 15 is 0 Å². The second-order valence-corrected chi connectivity index (χ2v) is 4.95. The van der Waals surface area contributed by atoms with Gasteiger partial charge in [-0.1, -0.05) is 24.3 Å². The van der Waals surface area contributed by atoms with E-state index in [0.29, 0.717) is 24.3 Å². The van der Waals surface area contributed by atoms with Gasteiger partial charge >= 0.3 is 0 Å². The number of benzene rings is 1. The summed E-state index contributed by atoms with van der Waals surface area (Å²) in [5.41, 5.74) is 6.90. The number of carbonyl (C=O) groups excluding carboxylic acids is 1. The second-order valence-electron chi connectivity index (χ2n) is 4.95. The highest BCUT2D eigenvalue weighted by Crippen LogP contribution is 2.25. The van der Waals surface area contributed by atoms with Crippen LogP contribution in [0.15, 0.2) is 36.5 Å². The van der Waals surface area contributed by atoms with Gasteiger partial charge in [-0.2, -0.15) is 0 Å². The van der Waals surface area contributed by atoms with Gasteiger partial charge in [0.25, 0.3) is 5.91 Å². The number of nitrogen functional groups attached to an aromatic ring is 1. The fourth-order valence-corrected chi connectivity index (χ4v) is 2.50. The molecular weight excluding hydrogens is 252 g/mol. The molecule has 0 spiro atoms. The normalized spacial score (nSPS) is 13.2. The first-order valence-corrected chi connectivity index (χ1v) is 6.48. The maximum atomic E-state index is 12.6. The molecule has 3 N–H and O–H groups in total. The summed E-state index contributed by atoms with van der Waals surface area (Å²) in [5, 5.41) is 0. The van der Waals surface area contributed by atoms with Gasteiger partial charge in [0, 0.05) is 25.0 Å². The summed E-state index contributed by atoms with van der Waals surface area (Å²) in [5.74, 6) is 5.44. The number of aromatic nitrogens is 1. The van der Waals surface area contributed by atoms with E-state index in [1.807, 2.05) is 19.1 Å². The van der Waals surface area contributed by atoms with Gasteiger partial charge in [-0.3, -0.25) is 15.6 Å². The molecule has 0 radical (unpaired) electrons. The number of nitrogens with one attached hydrogen (secondary N) is 1. The van der Waals surface area contributed by atoms with Crippen LogP contribution in [0.3, 0.4) is 0 Å². The Hall–Kier alpha value is -2.40. The van der Waals surface area contributed by atoms with Crippen molar-refractivity contribution < 1.29 is 4.79 Å². The van der Waals surface area contributed by atoms with Gasteiger partial charge in [-0.25, -0.2) is 0 Å². The molecule has 2 aromatic rings. The number of hydrogen-bond donors (Lipinski definition) is 2. The maximum Gasteiger partial charge on any atom is 0.258 e. The van der Waals surface area contributed by atoms with Crippen molar-refractivity contribution >= 4 is 11.6 Å². The van der Waals surface area contributed by atoms with Gasteiger partial charge in [-0.05, 0) is 24.1 Å². The lowest BCUT2D eigenvalue weighted by Crippen LogP contribution is -2.27. The number of hydrazine groups is 1. The minimum atomic E-state index is -0.0540. The summed E-state index contributed by atoms with van der Waals surface area (Å²) in [6.45, 7) is 3.13. The summed E-state index contributed by atoms with van der Waals surface area (Å²) in [7, 11) is 0. The van der Waals surface area contributed by atoms with Crippen LogP contribution >= 0.6 is 0 Å². The summed E-state index contributed by atoms with van der Waals surface area (Å²) < 4.78 is 0. The maximum absolute atomic E-state index is 12.6. The van der Waals surface area contributed by atoms with Crippen molar-refractivity contribution in [2.45, 2.75) is 20.0 Å². The first-order valence-electron chi connectivity index (χ1n) is 6.48. The Bertz CT molecular complexity index is 644. The van der Waals surface area contributed by atoms with E-state index in [1.165, 1.54) is 11.1 Å². The van der Waals surface area contributed by atoms with Crippen LogP contribution in [0.5, 0.6) is 0 Å². The Labute approximate surface area is 117 Å². The zero-order valence-electron chi connectivity index (χ0n) is 11.3. The highest BCUT2D eigenvalue weighted by molar-refractivity contribution is 5.99. The lowest BCUT2D eigenvalue weighted by molar-refractivity contribution is 0.0752. The molecule has 0 fully saturated rings. The Morgan fingerprint density at radius 3 is 2.55 bits per heavy atom. The van der Waals surface area contributed by atoms with Crippen molar-refractivity contribution in [3.05, 3.63) is 58.9 Å². The molecule has 1 aromatic carbocycles. The predicted molar refractivity (Wildman–Crippen MR) is 76.8 cm³/mol. The molecule has 0 saturated carbocycles. The Morgan fingerprint density at radius 1 is 1.30 bits per heavy atom. The lowest BCUT2D eigenvalue weighted by Gasteiger charge is -2.17. The quantitative estimate of drug-likeness (QED) is 0.644. The van der Waals surface area contributed by atoms with Crippen LogP contribution in [0.1, 0.15) is 27.2 Å². The van der Waals surface area contributed by atoms with E-state index in [1.54, 1.807) is 17.2 Å². The summed E-state index contributed by atoms with van der Waals surface area (Å²) in [6.07, 6.45) is 1.58. The van der Waals surface area contributed by atoms with Gasteiger partial charge in [0.1, 0.15) is 0 Å². The number of aryl methyl sites for hydroxylation is 1. The first kappa shape index (κ1) is 12.6. The molecule has 0 unspecified atom stereocenters. The molecule has 20 heavy (non-hydrogen) atoms. The van der Waals surface area contributed by atoms with Gasteiger partial charge in [-0.15, -0.1) is 0 Å². The van der Waals surface area contributed by atoms with Crippen molar-refractivity contribution in [3.63, 3.8) is 0 Å². The largest absolute Gasteiger partial charge is 0.330 e. The molecule has 0 bridgehead atoms. The number of rotatable bonds is 2. The molecule has 102 valence electrons. The number of amides is 1. The van der Waals surface area contributed by atoms with E-state index in [9.17, 15) is 4.79 Å². The molecule has 0 saturated heterocycles. The van der Waals surface area contributed by atoms with E-state index in [-0.39, 0.29) is 5.91 Å². The van der Waals surface area contributed by atoms with Crippen LogP contribution in [0, 0.1) is 6.92 Å². The van der Waals surface area contributed by atoms with Crippen molar-refractivity contribution in [2.75, 3.05) is 5.43 Å². The van der Waals surface area contributed by atoms with Crippen LogP contribution in [0.2, 0.25) is 0 Å². The molecule has 3 rings (SSSR count). The number of pyridine rings is 1. The van der Waals surface area contributed by atoms with Crippen LogP contribution in [-0.2, 0) is 13.1 Å². The fraction of sp³-hybridized carbons (Fsp3) is 0.200. The Balaban J connectivity index is 1.88. The zero-order valence-corrected chi connectivity index (χ0v) is 11.3. The number of anilines is 1. The van der Waals surface area contributed by atoms with Crippen LogP contribution in [0.25, 0.3) is 0 Å². The molecule has 5 nitrogen and oxygen atoms in total. The van der Waals surface area contributed by atoms with Gasteiger partial charge in [0.15, 0.2) is 0 Å². The van der Waals surface area contributed by atoms with E-state index in [4.69, 9.17) is 5.84 Å². The van der Waals surface area contributed by atoms with E-state index in [2.05, 4.69) is 22.5 Å². The number of hydrogen-bond acceptors (Lipinski definition) is 4. The van der Waals surface area contributed by atoms with Gasteiger partial charge in [0.2, 0.25) is 0 Å². The fourth-order valence-electron chi connectivity index (χ4n) is 2.50. The van der Waals surface area contributed by atoms with Gasteiger partial charge in [0.05, 0.1) is 11.3 Å². The third kappa shape index (κ3) is 2.12. The topological polar surface area (TPSA) is 71.2 Å². The zero-order chi connectivity index (χ0) is 14.1. The number of nitrogens with zero attached hydrogens (tertiary/aromatic N) is 2. The summed E-state index contributed by atoms with van der Waals surface area (Å²) in [6, 6.07) is 9.87. The molecule has 1 aliphatic rings. The SMILES string of the molecule is Cc1cc(NN)c(C(=O)N2Cc3ccccc3C2)cn1. The third-order valence-electron chi connectivity index (χ3n) is 3.55. The Kier molecular flexibility index (Phi) is 3.12. The van der Waals surface area contributed by atoms with Crippen LogP contribution in [0.4, 0.5) is 5.69 Å². The molecule has 1 aromatic heterocycles. The van der Waals surface area contributed by atoms with E-state index < -0.39 is 0 Å². The number of fused-ring (bicyclic) bond motifs is 1. The van der Waals surface area contributed by atoms with Crippen molar-refractivity contribution in [3.8, 4) is 0 Å².